The molecule has 0 fully saturated rings. The van der Waals surface area contributed by atoms with Crippen LogP contribution in [0.5, 0.6) is 5.75 Å². The number of aryl methyl sites for hydroxylation is 1. The van der Waals surface area contributed by atoms with E-state index in [1.807, 2.05) is 48.5 Å². The Kier molecular flexibility index (Phi) is 6.64. The van der Waals surface area contributed by atoms with Gasteiger partial charge in [0, 0.05) is 23.9 Å². The van der Waals surface area contributed by atoms with E-state index in [0.717, 1.165) is 23.3 Å². The largest absolute Gasteiger partial charge is 0.497 e. The number of nitrogens with zero attached hydrogens (tertiary/aromatic N) is 1. The molecular formula is C23H23N3O4. The molecule has 3 aromatic rings. The smallest absolute Gasteiger partial charge is 0.293 e. The van der Waals surface area contributed by atoms with E-state index in [0.29, 0.717) is 17.9 Å². The predicted octanol–water partition coefficient (Wildman–Crippen LogP) is 5.03. The average molecular weight is 405 g/mol. The lowest BCUT2D eigenvalue weighted by molar-refractivity contribution is -0.384. The molecule has 0 aromatic heterocycles. The SMILES string of the molecule is CCc1ccc(NC(=O)c2ccc(NCc3ccc(OC)cc3)c([N+](=O)[O-])c2)cc1. The van der Waals surface area contributed by atoms with Crippen LogP contribution in [0.25, 0.3) is 0 Å². The summed E-state index contributed by atoms with van der Waals surface area (Å²) in [6.07, 6.45) is 0.908. The lowest BCUT2D eigenvalue weighted by atomic mass is 10.1. The number of nitro groups is 1. The van der Waals surface area contributed by atoms with Crippen LogP contribution in [0.15, 0.2) is 66.7 Å². The van der Waals surface area contributed by atoms with Crippen molar-refractivity contribution in [2.45, 2.75) is 19.9 Å². The highest BCUT2D eigenvalue weighted by molar-refractivity contribution is 6.05. The van der Waals surface area contributed by atoms with Gasteiger partial charge in [-0.3, -0.25) is 14.9 Å². The molecule has 0 unspecified atom stereocenters. The van der Waals surface area contributed by atoms with Crippen LogP contribution >= 0.6 is 0 Å². The van der Waals surface area contributed by atoms with E-state index in [2.05, 4.69) is 17.6 Å². The Labute approximate surface area is 174 Å². The first-order valence-corrected chi connectivity index (χ1v) is 9.55. The molecule has 0 saturated carbocycles. The fourth-order valence-corrected chi connectivity index (χ4v) is 2.94. The molecule has 3 aromatic carbocycles. The van der Waals surface area contributed by atoms with Gasteiger partial charge < -0.3 is 15.4 Å². The molecule has 30 heavy (non-hydrogen) atoms. The van der Waals surface area contributed by atoms with Gasteiger partial charge in [-0.05, 0) is 53.9 Å². The highest BCUT2D eigenvalue weighted by Crippen LogP contribution is 2.27. The van der Waals surface area contributed by atoms with Crippen molar-refractivity contribution in [3.05, 3.63) is 93.5 Å². The summed E-state index contributed by atoms with van der Waals surface area (Å²) in [4.78, 5) is 23.6. The maximum atomic E-state index is 12.5. The molecule has 7 heteroatoms. The first-order chi connectivity index (χ1) is 14.5. The molecule has 0 aliphatic rings. The minimum absolute atomic E-state index is 0.155. The zero-order valence-corrected chi connectivity index (χ0v) is 16.8. The number of hydrogen-bond donors (Lipinski definition) is 2. The topological polar surface area (TPSA) is 93.5 Å². The molecular weight excluding hydrogens is 382 g/mol. The second-order valence-electron chi connectivity index (χ2n) is 6.70. The molecule has 0 aliphatic carbocycles. The van der Waals surface area contributed by atoms with E-state index in [4.69, 9.17) is 4.74 Å². The number of methoxy groups -OCH3 is 1. The van der Waals surface area contributed by atoms with Crippen LogP contribution in [-0.2, 0) is 13.0 Å². The standard InChI is InChI=1S/C23H23N3O4/c1-3-16-4-9-19(10-5-16)25-23(27)18-8-13-21(22(14-18)26(28)29)24-15-17-6-11-20(30-2)12-7-17/h4-14,24H,3,15H2,1-2H3,(H,25,27). The van der Waals surface area contributed by atoms with Gasteiger partial charge in [0.15, 0.2) is 0 Å². The van der Waals surface area contributed by atoms with Crippen LogP contribution in [0.2, 0.25) is 0 Å². The lowest BCUT2D eigenvalue weighted by Crippen LogP contribution is -2.13. The van der Waals surface area contributed by atoms with Crippen LogP contribution in [0.4, 0.5) is 17.1 Å². The number of carbonyl (C=O) groups is 1. The Bertz CT molecular complexity index is 1030. The lowest BCUT2D eigenvalue weighted by Gasteiger charge is -2.10. The summed E-state index contributed by atoms with van der Waals surface area (Å²) < 4.78 is 5.12. The van der Waals surface area contributed by atoms with Gasteiger partial charge in [-0.25, -0.2) is 0 Å². The van der Waals surface area contributed by atoms with Crippen molar-refractivity contribution < 1.29 is 14.5 Å². The third-order valence-corrected chi connectivity index (χ3v) is 4.72. The van der Waals surface area contributed by atoms with Crippen molar-refractivity contribution in [3.63, 3.8) is 0 Å². The number of amides is 1. The Morgan fingerprint density at radius 1 is 1.00 bits per heavy atom. The zero-order chi connectivity index (χ0) is 21.5. The third kappa shape index (κ3) is 5.14. The molecule has 0 saturated heterocycles. The molecule has 154 valence electrons. The average Bonchev–Trinajstić information content (AvgIpc) is 2.78. The minimum atomic E-state index is -0.497. The van der Waals surface area contributed by atoms with E-state index in [9.17, 15) is 14.9 Å². The van der Waals surface area contributed by atoms with E-state index in [-0.39, 0.29) is 11.3 Å². The number of benzene rings is 3. The maximum Gasteiger partial charge on any atom is 0.293 e. The summed E-state index contributed by atoms with van der Waals surface area (Å²) in [7, 11) is 1.59. The van der Waals surface area contributed by atoms with Crippen molar-refractivity contribution in [1.82, 2.24) is 0 Å². The number of ether oxygens (including phenoxy) is 1. The second kappa shape index (κ2) is 9.56. The quantitative estimate of drug-likeness (QED) is 0.405. The van der Waals surface area contributed by atoms with Crippen molar-refractivity contribution in [2.24, 2.45) is 0 Å². The summed E-state index contributed by atoms with van der Waals surface area (Å²) in [6, 6.07) is 19.3. The monoisotopic (exact) mass is 405 g/mol. The fourth-order valence-electron chi connectivity index (χ4n) is 2.94. The van der Waals surface area contributed by atoms with E-state index < -0.39 is 10.8 Å². The number of anilines is 2. The number of nitro benzene ring substituents is 1. The molecule has 0 heterocycles. The second-order valence-corrected chi connectivity index (χ2v) is 6.70. The molecule has 7 nitrogen and oxygen atoms in total. The fraction of sp³-hybridized carbons (Fsp3) is 0.174. The predicted molar refractivity (Wildman–Crippen MR) is 117 cm³/mol. The van der Waals surface area contributed by atoms with Crippen LogP contribution in [0.1, 0.15) is 28.4 Å². The highest BCUT2D eigenvalue weighted by atomic mass is 16.6. The Morgan fingerprint density at radius 2 is 1.67 bits per heavy atom. The van der Waals surface area contributed by atoms with Crippen molar-refractivity contribution in [2.75, 3.05) is 17.7 Å². The summed E-state index contributed by atoms with van der Waals surface area (Å²) in [6.45, 7) is 2.46. The van der Waals surface area contributed by atoms with Gasteiger partial charge in [0.2, 0.25) is 0 Å². The molecule has 0 bridgehead atoms. The molecule has 0 atom stereocenters. The number of rotatable bonds is 8. The molecule has 2 N–H and O–H groups in total. The molecule has 0 aliphatic heterocycles. The van der Waals surface area contributed by atoms with Crippen LogP contribution in [-0.4, -0.2) is 17.9 Å². The maximum absolute atomic E-state index is 12.5. The van der Waals surface area contributed by atoms with Gasteiger partial charge in [0.1, 0.15) is 11.4 Å². The Morgan fingerprint density at radius 3 is 2.27 bits per heavy atom. The third-order valence-electron chi connectivity index (χ3n) is 4.72. The highest BCUT2D eigenvalue weighted by Gasteiger charge is 2.18. The van der Waals surface area contributed by atoms with Gasteiger partial charge in [-0.2, -0.15) is 0 Å². The minimum Gasteiger partial charge on any atom is -0.497 e. The van der Waals surface area contributed by atoms with Gasteiger partial charge >= 0.3 is 0 Å². The zero-order valence-electron chi connectivity index (χ0n) is 16.8. The summed E-state index contributed by atoms with van der Waals surface area (Å²) >= 11 is 0. The van der Waals surface area contributed by atoms with E-state index >= 15 is 0 Å². The van der Waals surface area contributed by atoms with Gasteiger partial charge in [-0.15, -0.1) is 0 Å². The van der Waals surface area contributed by atoms with Crippen molar-refractivity contribution in [3.8, 4) is 5.75 Å². The molecule has 0 spiro atoms. The van der Waals surface area contributed by atoms with E-state index in [1.54, 1.807) is 19.2 Å². The van der Waals surface area contributed by atoms with E-state index in [1.165, 1.54) is 6.07 Å². The molecule has 0 radical (unpaired) electrons. The molecule has 1 amide bonds. The molecule has 3 rings (SSSR count). The normalized spacial score (nSPS) is 10.3. The van der Waals surface area contributed by atoms with Crippen LogP contribution < -0.4 is 15.4 Å². The van der Waals surface area contributed by atoms with Crippen molar-refractivity contribution in [1.29, 1.82) is 0 Å². The number of hydrogen-bond acceptors (Lipinski definition) is 5. The summed E-state index contributed by atoms with van der Waals surface area (Å²) in [5.41, 5.74) is 3.16. The summed E-state index contributed by atoms with van der Waals surface area (Å²) in [5.74, 6) is 0.341. The Balaban J connectivity index is 1.73. The van der Waals surface area contributed by atoms with Gasteiger partial charge in [0.25, 0.3) is 11.6 Å². The first kappa shape index (κ1) is 20.9. The van der Waals surface area contributed by atoms with Crippen molar-refractivity contribution >= 4 is 23.0 Å². The van der Waals surface area contributed by atoms with Gasteiger partial charge in [0.05, 0.1) is 12.0 Å². The first-order valence-electron chi connectivity index (χ1n) is 9.55. The number of nitrogens with one attached hydrogen (secondary N) is 2. The Hall–Kier alpha value is -3.87. The number of carbonyl (C=O) groups excluding carboxylic acids is 1. The van der Waals surface area contributed by atoms with Crippen LogP contribution in [0.3, 0.4) is 0 Å². The van der Waals surface area contributed by atoms with Crippen LogP contribution in [0, 0.1) is 10.1 Å². The summed E-state index contributed by atoms with van der Waals surface area (Å²) in [5, 5.41) is 17.4. The van der Waals surface area contributed by atoms with Gasteiger partial charge in [-0.1, -0.05) is 31.2 Å².